The maximum atomic E-state index is 11.3. The van der Waals surface area contributed by atoms with Crippen LogP contribution in [0.4, 0.5) is 11.4 Å². The first-order chi connectivity index (χ1) is 9.97. The van der Waals surface area contributed by atoms with E-state index >= 15 is 0 Å². The Balaban J connectivity index is 2.08. The normalized spacial score (nSPS) is 10.4. The lowest BCUT2D eigenvalue weighted by Crippen LogP contribution is -2.07. The van der Waals surface area contributed by atoms with Crippen molar-refractivity contribution in [2.75, 3.05) is 11.9 Å². The van der Waals surface area contributed by atoms with Gasteiger partial charge in [0.15, 0.2) is 10.5 Å². The topological polar surface area (TPSA) is 85.4 Å². The average Bonchev–Trinajstić information content (AvgIpc) is 2.84. The Kier molecular flexibility index (Phi) is 4.74. The van der Waals surface area contributed by atoms with Crippen LogP contribution in [-0.2, 0) is 6.42 Å². The zero-order valence-corrected chi connectivity index (χ0v) is 12.8. The molecule has 110 valence electrons. The lowest BCUT2D eigenvalue weighted by atomic mass is 10.1. The molecule has 0 aliphatic rings. The van der Waals surface area contributed by atoms with Gasteiger partial charge in [-0.3, -0.25) is 14.9 Å². The Morgan fingerprint density at radius 2 is 2.14 bits per heavy atom. The molecule has 0 unspecified atom stereocenters. The molecule has 0 fully saturated rings. The highest BCUT2D eigenvalue weighted by Gasteiger charge is 2.15. The molecular formula is C14H13BrN2O4. The van der Waals surface area contributed by atoms with Crippen LogP contribution in [0.1, 0.15) is 23.0 Å². The van der Waals surface area contributed by atoms with Crippen LogP contribution in [0, 0.1) is 10.1 Å². The Labute approximate surface area is 129 Å². The van der Waals surface area contributed by atoms with Crippen molar-refractivity contribution in [3.63, 3.8) is 0 Å². The maximum absolute atomic E-state index is 11.3. The third-order valence-electron chi connectivity index (χ3n) is 2.92. The summed E-state index contributed by atoms with van der Waals surface area (Å²) >= 11 is 3.21. The van der Waals surface area contributed by atoms with Crippen LogP contribution in [0.2, 0.25) is 0 Å². The minimum Gasteiger partial charge on any atom is -0.454 e. The van der Waals surface area contributed by atoms with Crippen LogP contribution in [0.25, 0.3) is 0 Å². The van der Waals surface area contributed by atoms with Gasteiger partial charge in [0.25, 0.3) is 5.69 Å². The van der Waals surface area contributed by atoms with Crippen molar-refractivity contribution in [2.24, 2.45) is 0 Å². The first kappa shape index (κ1) is 15.2. The Morgan fingerprint density at radius 1 is 1.38 bits per heavy atom. The molecule has 2 aromatic rings. The highest BCUT2D eigenvalue weighted by molar-refractivity contribution is 9.10. The van der Waals surface area contributed by atoms with E-state index in [0.29, 0.717) is 28.9 Å². The summed E-state index contributed by atoms with van der Waals surface area (Å²) in [6, 6.07) is 8.03. The van der Waals surface area contributed by atoms with Crippen LogP contribution in [0.15, 0.2) is 39.4 Å². The van der Waals surface area contributed by atoms with E-state index in [1.54, 1.807) is 18.2 Å². The molecule has 0 aliphatic heterocycles. The van der Waals surface area contributed by atoms with E-state index in [4.69, 9.17) is 4.42 Å². The Morgan fingerprint density at radius 3 is 2.71 bits per heavy atom. The van der Waals surface area contributed by atoms with Gasteiger partial charge in [0, 0.05) is 24.6 Å². The van der Waals surface area contributed by atoms with Crippen LogP contribution >= 0.6 is 15.9 Å². The summed E-state index contributed by atoms with van der Waals surface area (Å²) in [5, 5.41) is 14.1. The van der Waals surface area contributed by atoms with E-state index in [-0.39, 0.29) is 11.5 Å². The molecule has 0 atom stereocenters. The van der Waals surface area contributed by atoms with Gasteiger partial charge in [0.05, 0.1) is 4.92 Å². The number of nitro groups is 1. The second-order valence-corrected chi connectivity index (χ2v) is 5.21. The molecule has 2 rings (SSSR count). The van der Waals surface area contributed by atoms with Crippen molar-refractivity contribution >= 4 is 33.1 Å². The fourth-order valence-corrected chi connectivity index (χ4v) is 2.20. The van der Waals surface area contributed by atoms with Crippen LogP contribution in [0.3, 0.4) is 0 Å². The van der Waals surface area contributed by atoms with E-state index in [1.165, 1.54) is 13.0 Å². The fraction of sp³-hybridized carbons (Fsp3) is 0.214. The molecule has 1 N–H and O–H groups in total. The molecule has 0 saturated carbocycles. The molecular weight excluding hydrogens is 340 g/mol. The first-order valence-corrected chi connectivity index (χ1v) is 7.04. The molecule has 0 saturated heterocycles. The fourth-order valence-electron chi connectivity index (χ4n) is 1.86. The minimum atomic E-state index is -0.502. The summed E-state index contributed by atoms with van der Waals surface area (Å²) < 4.78 is 6.00. The lowest BCUT2D eigenvalue weighted by Gasteiger charge is -2.07. The number of halogens is 1. The third kappa shape index (κ3) is 3.91. The number of furan rings is 1. The van der Waals surface area contributed by atoms with Crippen molar-refractivity contribution in [1.82, 2.24) is 0 Å². The largest absolute Gasteiger partial charge is 0.454 e. The Hall–Kier alpha value is -2.15. The number of anilines is 1. The van der Waals surface area contributed by atoms with Gasteiger partial charge < -0.3 is 9.73 Å². The van der Waals surface area contributed by atoms with Crippen molar-refractivity contribution in [1.29, 1.82) is 0 Å². The average molecular weight is 353 g/mol. The summed E-state index contributed by atoms with van der Waals surface area (Å²) in [4.78, 5) is 21.8. The molecule has 0 spiro atoms. The summed E-state index contributed by atoms with van der Waals surface area (Å²) in [5.74, 6) is 0.572. The number of carbonyl (C=O) groups is 1. The first-order valence-electron chi connectivity index (χ1n) is 6.25. The molecule has 0 bridgehead atoms. The quantitative estimate of drug-likeness (QED) is 0.485. The monoisotopic (exact) mass is 352 g/mol. The number of nitrogens with one attached hydrogen (secondary N) is 1. The van der Waals surface area contributed by atoms with E-state index in [9.17, 15) is 14.9 Å². The van der Waals surface area contributed by atoms with E-state index in [1.807, 2.05) is 6.07 Å². The summed E-state index contributed by atoms with van der Waals surface area (Å²) in [6.07, 6.45) is 0.594. The second-order valence-electron chi connectivity index (χ2n) is 4.43. The zero-order valence-electron chi connectivity index (χ0n) is 11.3. The molecule has 0 aliphatic carbocycles. The molecule has 21 heavy (non-hydrogen) atoms. The number of ketones is 1. The van der Waals surface area contributed by atoms with Gasteiger partial charge in [0.1, 0.15) is 11.4 Å². The molecule has 1 aromatic carbocycles. The van der Waals surface area contributed by atoms with E-state index in [0.717, 1.165) is 5.76 Å². The van der Waals surface area contributed by atoms with Gasteiger partial charge in [-0.2, -0.15) is 0 Å². The van der Waals surface area contributed by atoms with Gasteiger partial charge in [-0.05, 0) is 47.1 Å². The SMILES string of the molecule is CC(=O)c1ccc(NCCc2ccc(Br)o2)c([N+](=O)[O-])c1. The highest BCUT2D eigenvalue weighted by Crippen LogP contribution is 2.26. The van der Waals surface area contributed by atoms with Crippen molar-refractivity contribution in [3.05, 3.63) is 56.4 Å². The van der Waals surface area contributed by atoms with Gasteiger partial charge >= 0.3 is 0 Å². The maximum Gasteiger partial charge on any atom is 0.293 e. The van der Waals surface area contributed by atoms with Crippen LogP contribution in [-0.4, -0.2) is 17.3 Å². The van der Waals surface area contributed by atoms with Gasteiger partial charge in [-0.25, -0.2) is 0 Å². The molecule has 0 amide bonds. The molecule has 1 aromatic heterocycles. The van der Waals surface area contributed by atoms with E-state index in [2.05, 4.69) is 21.2 Å². The van der Waals surface area contributed by atoms with Gasteiger partial charge in [-0.1, -0.05) is 0 Å². The van der Waals surface area contributed by atoms with Crippen LogP contribution in [0.5, 0.6) is 0 Å². The molecule has 0 radical (unpaired) electrons. The minimum absolute atomic E-state index is 0.108. The number of rotatable bonds is 6. The number of nitrogens with zero attached hydrogens (tertiary/aromatic N) is 1. The Bertz CT molecular complexity index is 681. The number of carbonyl (C=O) groups excluding carboxylic acids is 1. The van der Waals surface area contributed by atoms with E-state index < -0.39 is 4.92 Å². The number of benzene rings is 1. The summed E-state index contributed by atoms with van der Waals surface area (Å²) in [5.41, 5.74) is 0.598. The molecule has 7 heteroatoms. The summed E-state index contributed by atoms with van der Waals surface area (Å²) in [7, 11) is 0. The number of hydrogen-bond donors (Lipinski definition) is 1. The second kappa shape index (κ2) is 6.53. The number of hydrogen-bond acceptors (Lipinski definition) is 5. The standard InChI is InChI=1S/C14H13BrN2O4/c1-9(18)10-2-4-12(13(8-10)17(19)20)16-7-6-11-3-5-14(15)21-11/h2-5,8,16H,6-7H2,1H3. The smallest absolute Gasteiger partial charge is 0.293 e. The predicted molar refractivity (Wildman–Crippen MR) is 81.7 cm³/mol. The third-order valence-corrected chi connectivity index (χ3v) is 3.34. The molecule has 6 nitrogen and oxygen atoms in total. The molecule has 1 heterocycles. The zero-order chi connectivity index (χ0) is 15.4. The number of nitro benzene ring substituents is 1. The van der Waals surface area contributed by atoms with Crippen molar-refractivity contribution in [3.8, 4) is 0 Å². The van der Waals surface area contributed by atoms with Gasteiger partial charge in [0.2, 0.25) is 0 Å². The summed E-state index contributed by atoms with van der Waals surface area (Å²) in [6.45, 7) is 1.86. The lowest BCUT2D eigenvalue weighted by molar-refractivity contribution is -0.384. The van der Waals surface area contributed by atoms with Crippen molar-refractivity contribution < 1.29 is 14.1 Å². The number of Topliss-reactive ketones (excluding diaryl/α,β-unsaturated/α-hetero) is 1. The predicted octanol–water partition coefficient (Wildman–Crippen LogP) is 3.81. The highest BCUT2D eigenvalue weighted by atomic mass is 79.9. The van der Waals surface area contributed by atoms with Crippen LogP contribution < -0.4 is 5.32 Å². The van der Waals surface area contributed by atoms with Crippen molar-refractivity contribution in [2.45, 2.75) is 13.3 Å². The van der Waals surface area contributed by atoms with Gasteiger partial charge in [-0.15, -0.1) is 0 Å².